The van der Waals surface area contributed by atoms with Crippen LogP contribution in [0.5, 0.6) is 0 Å². The fraction of sp³-hybridized carbons (Fsp3) is 0.417. The zero-order valence-electron chi connectivity index (χ0n) is 11.5. The molecule has 0 radical (unpaired) electrons. The van der Waals surface area contributed by atoms with E-state index in [9.17, 15) is 8.42 Å². The first-order valence-corrected chi connectivity index (χ1v) is 8.51. The Kier molecular flexibility index (Phi) is 4.59. The van der Waals surface area contributed by atoms with Gasteiger partial charge in [-0.05, 0) is 24.8 Å². The number of hydrogen-bond donors (Lipinski definition) is 2. The zero-order valence-corrected chi connectivity index (χ0v) is 13.1. The third-order valence-corrected chi connectivity index (χ3v) is 6.07. The smallest absolute Gasteiger partial charge is 0.246 e. The summed E-state index contributed by atoms with van der Waals surface area (Å²) in [5, 5.41) is 8.61. The van der Waals surface area contributed by atoms with Gasteiger partial charge in [-0.25, -0.2) is 12.7 Å². The largest absolute Gasteiger partial charge is 0.325 e. The summed E-state index contributed by atoms with van der Waals surface area (Å²) < 4.78 is 26.5. The standard InChI is InChI=1S/C12H18N4O2S2/c1-9-12(11(8-13)15-14-9)20(17,18)16(2)6-5-10-4-3-7-19-10/h3-4,7H,5-6,8,13H2,1-2H3,(H,14,15). The Morgan fingerprint density at radius 1 is 1.50 bits per heavy atom. The number of aromatic amines is 1. The van der Waals surface area contributed by atoms with Crippen molar-refractivity contribution in [2.24, 2.45) is 5.73 Å². The van der Waals surface area contributed by atoms with Gasteiger partial charge < -0.3 is 5.73 Å². The van der Waals surface area contributed by atoms with Crippen LogP contribution in [0.25, 0.3) is 0 Å². The molecule has 6 nitrogen and oxygen atoms in total. The Labute approximate surface area is 122 Å². The molecule has 0 atom stereocenters. The number of nitrogens with zero attached hydrogens (tertiary/aromatic N) is 2. The topological polar surface area (TPSA) is 92.1 Å². The van der Waals surface area contributed by atoms with Crippen LogP contribution in [0, 0.1) is 6.92 Å². The SMILES string of the molecule is Cc1[nH]nc(CN)c1S(=O)(=O)N(C)CCc1cccs1. The Balaban J connectivity index is 2.18. The molecule has 110 valence electrons. The molecule has 0 aliphatic carbocycles. The summed E-state index contributed by atoms with van der Waals surface area (Å²) in [5.74, 6) is 0. The lowest BCUT2D eigenvalue weighted by molar-refractivity contribution is 0.472. The minimum Gasteiger partial charge on any atom is -0.325 e. The van der Waals surface area contributed by atoms with Crippen molar-refractivity contribution in [2.45, 2.75) is 24.8 Å². The molecule has 0 amide bonds. The minimum absolute atomic E-state index is 0.0949. The van der Waals surface area contributed by atoms with Gasteiger partial charge in [0.15, 0.2) is 0 Å². The Bertz CT molecular complexity index is 662. The highest BCUT2D eigenvalue weighted by Crippen LogP contribution is 2.21. The van der Waals surface area contributed by atoms with Crippen LogP contribution in [0.3, 0.4) is 0 Å². The van der Waals surface area contributed by atoms with Gasteiger partial charge >= 0.3 is 0 Å². The van der Waals surface area contributed by atoms with Crippen LogP contribution >= 0.6 is 11.3 Å². The van der Waals surface area contributed by atoms with Gasteiger partial charge in [0.05, 0.1) is 11.4 Å². The van der Waals surface area contributed by atoms with Crippen molar-refractivity contribution in [2.75, 3.05) is 13.6 Å². The van der Waals surface area contributed by atoms with E-state index in [4.69, 9.17) is 5.73 Å². The normalized spacial score (nSPS) is 12.2. The third kappa shape index (κ3) is 2.93. The van der Waals surface area contributed by atoms with Crippen molar-refractivity contribution in [1.82, 2.24) is 14.5 Å². The highest BCUT2D eigenvalue weighted by Gasteiger charge is 2.27. The average molecular weight is 314 g/mol. The summed E-state index contributed by atoms with van der Waals surface area (Å²) in [7, 11) is -1.98. The van der Waals surface area contributed by atoms with Crippen molar-refractivity contribution < 1.29 is 8.42 Å². The summed E-state index contributed by atoms with van der Waals surface area (Å²) in [6.45, 7) is 2.21. The molecule has 0 aliphatic heterocycles. The number of H-pyrrole nitrogens is 1. The van der Waals surface area contributed by atoms with Crippen LogP contribution in [0.1, 0.15) is 16.3 Å². The maximum atomic E-state index is 12.6. The molecular formula is C12H18N4O2S2. The zero-order chi connectivity index (χ0) is 14.8. The van der Waals surface area contributed by atoms with Crippen molar-refractivity contribution in [3.63, 3.8) is 0 Å². The lowest BCUT2D eigenvalue weighted by Gasteiger charge is -2.17. The molecular weight excluding hydrogens is 296 g/mol. The number of hydrogen-bond acceptors (Lipinski definition) is 5. The summed E-state index contributed by atoms with van der Waals surface area (Å²) in [6, 6.07) is 3.96. The van der Waals surface area contributed by atoms with Gasteiger partial charge in [0.25, 0.3) is 0 Å². The molecule has 0 saturated heterocycles. The number of rotatable bonds is 6. The van der Waals surface area contributed by atoms with Gasteiger partial charge in [0, 0.05) is 25.0 Å². The van der Waals surface area contributed by atoms with E-state index in [0.717, 1.165) is 4.88 Å². The second-order valence-electron chi connectivity index (χ2n) is 4.48. The van der Waals surface area contributed by atoms with Crippen LogP contribution in [-0.2, 0) is 23.0 Å². The molecule has 20 heavy (non-hydrogen) atoms. The Morgan fingerprint density at radius 2 is 2.25 bits per heavy atom. The van der Waals surface area contributed by atoms with Gasteiger partial charge in [0.1, 0.15) is 4.90 Å². The molecule has 2 heterocycles. The molecule has 0 fully saturated rings. The Morgan fingerprint density at radius 3 is 2.85 bits per heavy atom. The van der Waals surface area contributed by atoms with Crippen LogP contribution < -0.4 is 5.73 Å². The monoisotopic (exact) mass is 314 g/mol. The van der Waals surface area contributed by atoms with E-state index in [1.165, 1.54) is 4.31 Å². The van der Waals surface area contributed by atoms with Crippen LogP contribution in [-0.4, -0.2) is 36.5 Å². The molecule has 0 spiro atoms. The van der Waals surface area contributed by atoms with Crippen molar-refractivity contribution in [3.8, 4) is 0 Å². The van der Waals surface area contributed by atoms with E-state index in [-0.39, 0.29) is 11.4 Å². The minimum atomic E-state index is -3.56. The van der Waals surface area contributed by atoms with Crippen LogP contribution in [0.2, 0.25) is 0 Å². The highest BCUT2D eigenvalue weighted by molar-refractivity contribution is 7.89. The number of nitrogens with one attached hydrogen (secondary N) is 1. The molecule has 2 aromatic rings. The maximum absolute atomic E-state index is 12.6. The van der Waals surface area contributed by atoms with E-state index in [1.54, 1.807) is 25.3 Å². The van der Waals surface area contributed by atoms with E-state index < -0.39 is 10.0 Å². The van der Waals surface area contributed by atoms with Crippen molar-refractivity contribution in [1.29, 1.82) is 0 Å². The molecule has 2 rings (SSSR count). The molecule has 0 aromatic carbocycles. The van der Waals surface area contributed by atoms with E-state index in [1.807, 2.05) is 17.5 Å². The van der Waals surface area contributed by atoms with E-state index in [0.29, 0.717) is 24.4 Å². The average Bonchev–Trinajstić information content (AvgIpc) is 3.04. The van der Waals surface area contributed by atoms with Gasteiger partial charge in [0.2, 0.25) is 10.0 Å². The fourth-order valence-electron chi connectivity index (χ4n) is 1.95. The molecule has 8 heteroatoms. The molecule has 2 aromatic heterocycles. The number of aryl methyl sites for hydroxylation is 1. The van der Waals surface area contributed by atoms with Crippen LogP contribution in [0.4, 0.5) is 0 Å². The number of likely N-dealkylation sites (N-methyl/N-ethyl adjacent to an activating group) is 1. The van der Waals surface area contributed by atoms with Crippen LogP contribution in [0.15, 0.2) is 22.4 Å². The second kappa shape index (κ2) is 6.04. The quantitative estimate of drug-likeness (QED) is 0.835. The first kappa shape index (κ1) is 15.2. The predicted octanol–water partition coefficient (Wildman–Crippen LogP) is 1.10. The van der Waals surface area contributed by atoms with Gasteiger partial charge in [-0.15, -0.1) is 11.3 Å². The van der Waals surface area contributed by atoms with Crippen molar-refractivity contribution in [3.05, 3.63) is 33.8 Å². The molecule has 0 saturated carbocycles. The molecule has 0 aliphatic rings. The van der Waals surface area contributed by atoms with Crippen molar-refractivity contribution >= 4 is 21.4 Å². The lowest BCUT2D eigenvalue weighted by Crippen LogP contribution is -2.30. The summed E-state index contributed by atoms with van der Waals surface area (Å²) in [4.78, 5) is 1.36. The second-order valence-corrected chi connectivity index (χ2v) is 7.50. The molecule has 3 N–H and O–H groups in total. The molecule has 0 bridgehead atoms. The van der Waals surface area contributed by atoms with Gasteiger partial charge in [-0.3, -0.25) is 5.10 Å². The highest BCUT2D eigenvalue weighted by atomic mass is 32.2. The van der Waals surface area contributed by atoms with Gasteiger partial charge in [-0.2, -0.15) is 5.10 Å². The Hall–Kier alpha value is -1.22. The molecule has 0 unspecified atom stereocenters. The maximum Gasteiger partial charge on any atom is 0.246 e. The number of nitrogens with two attached hydrogens (primary N) is 1. The third-order valence-electron chi connectivity index (χ3n) is 3.08. The van der Waals surface area contributed by atoms with E-state index in [2.05, 4.69) is 10.2 Å². The number of aromatic nitrogens is 2. The summed E-state index contributed by atoms with van der Waals surface area (Å²) in [5.41, 5.74) is 6.45. The number of sulfonamides is 1. The fourth-order valence-corrected chi connectivity index (χ4v) is 4.15. The first-order valence-electron chi connectivity index (χ1n) is 6.19. The first-order chi connectivity index (χ1) is 9.46. The summed E-state index contributed by atoms with van der Waals surface area (Å²) >= 11 is 1.62. The van der Waals surface area contributed by atoms with Gasteiger partial charge in [-0.1, -0.05) is 6.07 Å². The van der Waals surface area contributed by atoms with E-state index >= 15 is 0 Å². The number of thiophene rings is 1. The lowest BCUT2D eigenvalue weighted by atomic mass is 10.3. The summed E-state index contributed by atoms with van der Waals surface area (Å²) in [6.07, 6.45) is 0.697. The predicted molar refractivity (Wildman–Crippen MR) is 79.1 cm³/mol.